The monoisotopic (exact) mass is 346 g/mol. The van der Waals surface area contributed by atoms with Gasteiger partial charge in [-0.15, -0.1) is 0 Å². The highest BCUT2D eigenvalue weighted by Crippen LogP contribution is 2.23. The first kappa shape index (κ1) is 18.4. The van der Waals surface area contributed by atoms with E-state index in [9.17, 15) is 4.79 Å². The van der Waals surface area contributed by atoms with Crippen molar-refractivity contribution in [2.45, 2.75) is 71.9 Å². The van der Waals surface area contributed by atoms with E-state index in [1.807, 2.05) is 10.7 Å². The van der Waals surface area contributed by atoms with Crippen LogP contribution in [-0.4, -0.2) is 57.7 Å². The standard InChI is InChI=1S/C20H34N4O/c1-4-24-19(14-17(21-24)13-16(2)3)20(25)23-12-6-5-9-18(23)15-22-10-7-8-11-22/h14,16,18H,4-13,15H2,1-3H3/t18-/m0/s1. The van der Waals surface area contributed by atoms with Crippen molar-refractivity contribution in [1.82, 2.24) is 19.6 Å². The Morgan fingerprint density at radius 1 is 1.20 bits per heavy atom. The Bertz CT molecular complexity index is 574. The van der Waals surface area contributed by atoms with E-state index in [0.717, 1.165) is 50.3 Å². The van der Waals surface area contributed by atoms with Gasteiger partial charge in [0, 0.05) is 25.7 Å². The van der Waals surface area contributed by atoms with Gasteiger partial charge >= 0.3 is 0 Å². The quantitative estimate of drug-likeness (QED) is 0.794. The predicted molar refractivity (Wildman–Crippen MR) is 101 cm³/mol. The van der Waals surface area contributed by atoms with Crippen LogP contribution in [0.3, 0.4) is 0 Å². The summed E-state index contributed by atoms with van der Waals surface area (Å²) in [5.41, 5.74) is 1.83. The third-order valence-electron chi connectivity index (χ3n) is 5.52. The molecule has 0 unspecified atom stereocenters. The van der Waals surface area contributed by atoms with E-state index < -0.39 is 0 Å². The zero-order valence-electron chi connectivity index (χ0n) is 16.2. The van der Waals surface area contributed by atoms with E-state index in [2.05, 4.69) is 35.7 Å². The number of likely N-dealkylation sites (tertiary alicyclic amines) is 2. The molecule has 0 bridgehead atoms. The molecule has 140 valence electrons. The summed E-state index contributed by atoms with van der Waals surface area (Å²) in [7, 11) is 0. The molecule has 0 aromatic carbocycles. The van der Waals surface area contributed by atoms with Crippen LogP contribution in [-0.2, 0) is 13.0 Å². The molecule has 1 amide bonds. The average Bonchev–Trinajstić information content (AvgIpc) is 3.23. The minimum absolute atomic E-state index is 0.188. The molecule has 1 aromatic heterocycles. The average molecular weight is 347 g/mol. The second-order valence-corrected chi connectivity index (χ2v) is 8.09. The van der Waals surface area contributed by atoms with Crippen LogP contribution in [0, 0.1) is 5.92 Å². The summed E-state index contributed by atoms with van der Waals surface area (Å²) in [6, 6.07) is 2.40. The normalized spacial score (nSPS) is 22.1. The molecule has 5 heteroatoms. The molecule has 1 aromatic rings. The van der Waals surface area contributed by atoms with Gasteiger partial charge < -0.3 is 9.80 Å². The van der Waals surface area contributed by atoms with E-state index >= 15 is 0 Å². The predicted octanol–water partition coefficient (Wildman–Crippen LogP) is 3.19. The Morgan fingerprint density at radius 3 is 2.60 bits per heavy atom. The molecular weight excluding hydrogens is 312 g/mol. The molecule has 5 nitrogen and oxygen atoms in total. The van der Waals surface area contributed by atoms with Gasteiger partial charge in [-0.25, -0.2) is 0 Å². The van der Waals surface area contributed by atoms with Crippen LogP contribution in [0.25, 0.3) is 0 Å². The summed E-state index contributed by atoms with van der Waals surface area (Å²) in [6.45, 7) is 11.6. The SMILES string of the molecule is CCn1nc(CC(C)C)cc1C(=O)N1CCCC[C@H]1CN1CCCC1. The zero-order valence-corrected chi connectivity index (χ0v) is 16.2. The summed E-state index contributed by atoms with van der Waals surface area (Å²) in [4.78, 5) is 18.0. The summed E-state index contributed by atoms with van der Waals surface area (Å²) in [5.74, 6) is 0.745. The van der Waals surface area contributed by atoms with E-state index in [4.69, 9.17) is 0 Å². The van der Waals surface area contributed by atoms with E-state index in [-0.39, 0.29) is 5.91 Å². The molecule has 0 radical (unpaired) electrons. The molecule has 0 saturated carbocycles. The van der Waals surface area contributed by atoms with Crippen LogP contribution >= 0.6 is 0 Å². The maximum Gasteiger partial charge on any atom is 0.272 e. The number of rotatable bonds is 6. The highest BCUT2D eigenvalue weighted by molar-refractivity contribution is 5.93. The van der Waals surface area contributed by atoms with E-state index in [0.29, 0.717) is 12.0 Å². The second-order valence-electron chi connectivity index (χ2n) is 8.09. The van der Waals surface area contributed by atoms with Crippen molar-refractivity contribution in [3.63, 3.8) is 0 Å². The van der Waals surface area contributed by atoms with E-state index in [1.165, 1.54) is 32.4 Å². The van der Waals surface area contributed by atoms with Crippen molar-refractivity contribution in [2.24, 2.45) is 5.92 Å². The molecule has 3 rings (SSSR count). The number of piperidine rings is 1. The van der Waals surface area contributed by atoms with Crippen molar-refractivity contribution in [2.75, 3.05) is 26.2 Å². The second kappa shape index (κ2) is 8.35. The number of nitrogens with zero attached hydrogens (tertiary/aromatic N) is 4. The zero-order chi connectivity index (χ0) is 17.8. The molecule has 2 aliphatic heterocycles. The fraction of sp³-hybridized carbons (Fsp3) is 0.800. The number of amides is 1. The Kier molecular flexibility index (Phi) is 6.15. The largest absolute Gasteiger partial charge is 0.333 e. The van der Waals surface area contributed by atoms with Crippen molar-refractivity contribution in [3.8, 4) is 0 Å². The first-order valence-corrected chi connectivity index (χ1v) is 10.2. The highest BCUT2D eigenvalue weighted by Gasteiger charge is 2.31. The fourth-order valence-electron chi connectivity index (χ4n) is 4.27. The lowest BCUT2D eigenvalue weighted by Gasteiger charge is -2.37. The molecule has 2 saturated heterocycles. The number of hydrogen-bond donors (Lipinski definition) is 0. The molecule has 0 spiro atoms. The van der Waals surface area contributed by atoms with Gasteiger partial charge in [0.05, 0.1) is 5.69 Å². The van der Waals surface area contributed by atoms with Gasteiger partial charge in [0.2, 0.25) is 0 Å². The first-order valence-electron chi connectivity index (χ1n) is 10.2. The lowest BCUT2D eigenvalue weighted by molar-refractivity contribution is 0.0548. The molecule has 2 fully saturated rings. The fourth-order valence-corrected chi connectivity index (χ4v) is 4.27. The van der Waals surface area contributed by atoms with Gasteiger partial charge in [-0.3, -0.25) is 9.48 Å². The Hall–Kier alpha value is -1.36. The van der Waals surface area contributed by atoms with Crippen molar-refractivity contribution < 1.29 is 4.79 Å². The van der Waals surface area contributed by atoms with Crippen LogP contribution in [0.2, 0.25) is 0 Å². The van der Waals surface area contributed by atoms with Crippen LogP contribution in [0.15, 0.2) is 6.07 Å². The van der Waals surface area contributed by atoms with Gasteiger partial charge in [0.15, 0.2) is 0 Å². The Balaban J connectivity index is 1.75. The molecule has 3 heterocycles. The minimum Gasteiger partial charge on any atom is -0.333 e. The molecular formula is C20H34N4O. The van der Waals surface area contributed by atoms with Crippen LogP contribution in [0.1, 0.15) is 69.1 Å². The Labute approximate surface area is 152 Å². The number of hydrogen-bond acceptors (Lipinski definition) is 3. The smallest absolute Gasteiger partial charge is 0.272 e. The van der Waals surface area contributed by atoms with Crippen LogP contribution in [0.5, 0.6) is 0 Å². The first-order chi connectivity index (χ1) is 12.1. The summed E-state index contributed by atoms with van der Waals surface area (Å²) < 4.78 is 1.90. The maximum atomic E-state index is 13.3. The van der Waals surface area contributed by atoms with Gasteiger partial charge in [-0.05, 0) is 70.5 Å². The molecule has 0 aliphatic carbocycles. The van der Waals surface area contributed by atoms with Gasteiger partial charge in [0.25, 0.3) is 5.91 Å². The van der Waals surface area contributed by atoms with Gasteiger partial charge in [0.1, 0.15) is 5.69 Å². The summed E-state index contributed by atoms with van der Waals surface area (Å²) in [6.07, 6.45) is 7.06. The third-order valence-corrected chi connectivity index (χ3v) is 5.52. The number of aryl methyl sites for hydroxylation is 1. The number of carbonyl (C=O) groups is 1. The lowest BCUT2D eigenvalue weighted by atomic mass is 10.0. The van der Waals surface area contributed by atoms with E-state index in [1.54, 1.807) is 0 Å². The van der Waals surface area contributed by atoms with Crippen LogP contribution < -0.4 is 0 Å². The minimum atomic E-state index is 0.188. The molecule has 1 atom stereocenters. The Morgan fingerprint density at radius 2 is 1.92 bits per heavy atom. The third kappa shape index (κ3) is 4.43. The number of aromatic nitrogens is 2. The molecule has 25 heavy (non-hydrogen) atoms. The van der Waals surface area contributed by atoms with Gasteiger partial charge in [-0.2, -0.15) is 5.10 Å². The van der Waals surface area contributed by atoms with Crippen molar-refractivity contribution >= 4 is 5.91 Å². The lowest BCUT2D eigenvalue weighted by Crippen LogP contribution is -2.49. The number of carbonyl (C=O) groups excluding carboxylic acids is 1. The van der Waals surface area contributed by atoms with Crippen molar-refractivity contribution in [1.29, 1.82) is 0 Å². The molecule has 2 aliphatic rings. The van der Waals surface area contributed by atoms with Gasteiger partial charge in [-0.1, -0.05) is 13.8 Å². The summed E-state index contributed by atoms with van der Waals surface area (Å²) in [5, 5.41) is 4.67. The van der Waals surface area contributed by atoms with Crippen LogP contribution in [0.4, 0.5) is 0 Å². The summed E-state index contributed by atoms with van der Waals surface area (Å²) >= 11 is 0. The molecule has 0 N–H and O–H groups in total. The highest BCUT2D eigenvalue weighted by atomic mass is 16.2. The van der Waals surface area contributed by atoms with Crippen molar-refractivity contribution in [3.05, 3.63) is 17.5 Å². The topological polar surface area (TPSA) is 41.4 Å². The maximum absolute atomic E-state index is 13.3.